The Morgan fingerprint density at radius 3 is 2.67 bits per heavy atom. The van der Waals surface area contributed by atoms with E-state index in [-0.39, 0.29) is 6.04 Å². The van der Waals surface area contributed by atoms with Gasteiger partial charge in [0, 0.05) is 21.2 Å². The van der Waals surface area contributed by atoms with Gasteiger partial charge in [-0.2, -0.15) is 0 Å². The fraction of sp³-hybridized carbons (Fsp3) is 0.261. The molecule has 1 aliphatic rings. The molecule has 1 aromatic heterocycles. The summed E-state index contributed by atoms with van der Waals surface area (Å²) in [5.74, 6) is 4.29. The third kappa shape index (κ3) is 3.87. The molecule has 1 unspecified atom stereocenters. The smallest absolute Gasteiger partial charge is 0.162 e. The number of benzene rings is 2. The first-order valence-corrected chi connectivity index (χ1v) is 10.5. The maximum absolute atomic E-state index is 6.40. The normalized spacial score (nSPS) is 15.2. The first kappa shape index (κ1) is 20.6. The molecule has 3 aromatic rings. The van der Waals surface area contributed by atoms with Crippen molar-refractivity contribution < 1.29 is 0 Å². The highest BCUT2D eigenvalue weighted by atomic mass is 35.5. The van der Waals surface area contributed by atoms with E-state index in [1.807, 2.05) is 54.4 Å². The van der Waals surface area contributed by atoms with E-state index in [1.165, 1.54) is 0 Å². The van der Waals surface area contributed by atoms with E-state index in [1.54, 1.807) is 0 Å². The van der Waals surface area contributed by atoms with Crippen LogP contribution in [-0.2, 0) is 6.54 Å². The van der Waals surface area contributed by atoms with Gasteiger partial charge in [-0.25, -0.2) is 0 Å². The van der Waals surface area contributed by atoms with Crippen molar-refractivity contribution in [3.05, 3.63) is 75.3 Å². The number of halogens is 2. The largest absolute Gasteiger partial charge is 0.288 e. The van der Waals surface area contributed by atoms with Gasteiger partial charge in [0.05, 0.1) is 24.5 Å². The van der Waals surface area contributed by atoms with Crippen molar-refractivity contribution in [1.82, 2.24) is 19.7 Å². The summed E-state index contributed by atoms with van der Waals surface area (Å²) in [5, 5.41) is 10.3. The summed E-state index contributed by atoms with van der Waals surface area (Å²) in [4.78, 5) is 7.11. The molecule has 0 amide bonds. The van der Waals surface area contributed by atoms with Crippen molar-refractivity contribution in [2.75, 3.05) is 13.6 Å². The third-order valence-corrected chi connectivity index (χ3v) is 5.52. The van der Waals surface area contributed by atoms with E-state index < -0.39 is 0 Å². The van der Waals surface area contributed by atoms with E-state index in [2.05, 4.69) is 27.6 Å². The van der Waals surface area contributed by atoms with Gasteiger partial charge in [0.15, 0.2) is 11.6 Å². The van der Waals surface area contributed by atoms with Gasteiger partial charge < -0.3 is 0 Å². The van der Waals surface area contributed by atoms with Crippen LogP contribution in [0.4, 0.5) is 0 Å². The van der Waals surface area contributed by atoms with Crippen molar-refractivity contribution >= 4 is 28.9 Å². The van der Waals surface area contributed by atoms with Crippen LogP contribution in [0.5, 0.6) is 0 Å². The van der Waals surface area contributed by atoms with Crippen molar-refractivity contribution in [3.8, 4) is 18.0 Å². The molecule has 0 N–H and O–H groups in total. The van der Waals surface area contributed by atoms with Gasteiger partial charge in [0.2, 0.25) is 0 Å². The van der Waals surface area contributed by atoms with Gasteiger partial charge in [0.1, 0.15) is 6.04 Å². The molecular formula is C23H21Cl2N5. The summed E-state index contributed by atoms with van der Waals surface area (Å²) < 4.78 is 2.09. The minimum atomic E-state index is -0.149. The molecule has 7 heteroatoms. The number of aromatic nitrogens is 3. The Kier molecular flexibility index (Phi) is 5.92. The Bertz CT molecular complexity index is 1160. The van der Waals surface area contributed by atoms with Crippen molar-refractivity contribution in [2.45, 2.75) is 25.9 Å². The monoisotopic (exact) mass is 437 g/mol. The van der Waals surface area contributed by atoms with Gasteiger partial charge in [0.25, 0.3) is 0 Å². The highest BCUT2D eigenvalue weighted by Gasteiger charge is 2.28. The Hall–Kier alpha value is -2.65. The number of aliphatic imine (C=N–C) groups is 1. The van der Waals surface area contributed by atoms with Crippen LogP contribution in [0.2, 0.25) is 10.0 Å². The summed E-state index contributed by atoms with van der Waals surface area (Å²) in [6, 6.07) is 13.4. The molecule has 0 saturated carbocycles. The summed E-state index contributed by atoms with van der Waals surface area (Å²) in [6.45, 7) is 3.19. The predicted molar refractivity (Wildman–Crippen MR) is 122 cm³/mol. The van der Waals surface area contributed by atoms with E-state index in [0.29, 0.717) is 23.1 Å². The predicted octanol–water partition coefficient (Wildman–Crippen LogP) is 4.94. The Balaban J connectivity index is 1.94. The lowest BCUT2D eigenvalue weighted by atomic mass is 10.0. The molecule has 0 spiro atoms. The third-order valence-electron chi connectivity index (χ3n) is 5.05. The number of fused-ring (bicyclic) bond motifs is 3. The molecule has 2 heterocycles. The molecule has 0 radical (unpaired) electrons. The Labute approximate surface area is 186 Å². The number of hydrogen-bond acceptors (Lipinski definition) is 4. The maximum atomic E-state index is 6.40. The molecule has 0 bridgehead atoms. The standard InChI is InChI=1S/C23H21Cl2N5/c1-4-11-29(3)14-21-27-28-23-19(5-2)26-22(15-7-6-8-16(24)12-15)18-13-17(25)9-10-20(18)30(21)23/h1,6-10,12-13,19H,5,11,14H2,2-3H3. The number of hydrogen-bond donors (Lipinski definition) is 0. The van der Waals surface area contributed by atoms with E-state index >= 15 is 0 Å². The SMILES string of the molecule is C#CCN(C)Cc1nnc2n1-c1ccc(Cl)cc1C(c1cccc(Cl)c1)=NC2CC. The zero-order valence-electron chi connectivity index (χ0n) is 16.8. The van der Waals surface area contributed by atoms with Crippen molar-refractivity contribution in [3.63, 3.8) is 0 Å². The second kappa shape index (κ2) is 8.61. The van der Waals surface area contributed by atoms with Gasteiger partial charge in [-0.1, -0.05) is 48.2 Å². The highest BCUT2D eigenvalue weighted by molar-refractivity contribution is 6.32. The summed E-state index contributed by atoms with van der Waals surface area (Å²) >= 11 is 12.7. The first-order valence-electron chi connectivity index (χ1n) is 9.72. The van der Waals surface area contributed by atoms with Crippen LogP contribution in [0.3, 0.4) is 0 Å². The molecule has 1 aliphatic heterocycles. The van der Waals surface area contributed by atoms with Crippen LogP contribution in [0, 0.1) is 12.3 Å². The average molecular weight is 438 g/mol. The molecule has 1 atom stereocenters. The fourth-order valence-corrected chi connectivity index (χ4v) is 4.04. The van der Waals surface area contributed by atoms with Crippen molar-refractivity contribution in [1.29, 1.82) is 0 Å². The summed E-state index contributed by atoms with van der Waals surface area (Å²) in [6.07, 6.45) is 6.26. The highest BCUT2D eigenvalue weighted by Crippen LogP contribution is 2.34. The second-order valence-electron chi connectivity index (χ2n) is 7.26. The Morgan fingerprint density at radius 2 is 1.93 bits per heavy atom. The van der Waals surface area contributed by atoms with Crippen LogP contribution >= 0.6 is 23.2 Å². The first-order chi connectivity index (χ1) is 14.5. The maximum Gasteiger partial charge on any atom is 0.162 e. The van der Waals surface area contributed by atoms with Gasteiger partial charge >= 0.3 is 0 Å². The molecule has 0 saturated heterocycles. The molecule has 152 valence electrons. The molecule has 30 heavy (non-hydrogen) atoms. The minimum Gasteiger partial charge on any atom is -0.288 e. The lowest BCUT2D eigenvalue weighted by Crippen LogP contribution is -2.21. The topological polar surface area (TPSA) is 46.3 Å². The fourth-order valence-electron chi connectivity index (χ4n) is 3.68. The second-order valence-corrected chi connectivity index (χ2v) is 8.13. The molecular weight excluding hydrogens is 417 g/mol. The van der Waals surface area contributed by atoms with Crippen molar-refractivity contribution in [2.24, 2.45) is 4.99 Å². The van der Waals surface area contributed by atoms with Gasteiger partial charge in [-0.05, 0) is 43.8 Å². The van der Waals surface area contributed by atoms with Crippen LogP contribution in [0.1, 0.15) is 42.2 Å². The van der Waals surface area contributed by atoms with E-state index in [0.717, 1.165) is 40.6 Å². The Morgan fingerprint density at radius 1 is 1.13 bits per heavy atom. The zero-order valence-corrected chi connectivity index (χ0v) is 18.3. The zero-order chi connectivity index (χ0) is 21.3. The number of nitrogens with zero attached hydrogens (tertiary/aromatic N) is 5. The molecule has 5 nitrogen and oxygen atoms in total. The van der Waals surface area contributed by atoms with Gasteiger partial charge in [-0.3, -0.25) is 14.5 Å². The lowest BCUT2D eigenvalue weighted by molar-refractivity contribution is 0.355. The number of terminal acetylenes is 1. The van der Waals surface area contributed by atoms with E-state index in [9.17, 15) is 0 Å². The van der Waals surface area contributed by atoms with Crippen LogP contribution < -0.4 is 0 Å². The van der Waals surface area contributed by atoms with Crippen LogP contribution in [0.15, 0.2) is 47.5 Å². The minimum absolute atomic E-state index is 0.149. The molecule has 0 aliphatic carbocycles. The number of rotatable bonds is 5. The van der Waals surface area contributed by atoms with Crippen LogP contribution in [-0.4, -0.2) is 39.0 Å². The molecule has 0 fully saturated rings. The van der Waals surface area contributed by atoms with E-state index in [4.69, 9.17) is 34.6 Å². The average Bonchev–Trinajstić information content (AvgIpc) is 3.06. The molecule has 4 rings (SSSR count). The van der Waals surface area contributed by atoms with Gasteiger partial charge in [-0.15, -0.1) is 16.6 Å². The summed E-state index contributed by atoms with van der Waals surface area (Å²) in [7, 11) is 1.96. The lowest BCUT2D eigenvalue weighted by Gasteiger charge is -2.17. The van der Waals surface area contributed by atoms with Crippen LogP contribution in [0.25, 0.3) is 5.69 Å². The summed E-state index contributed by atoms with van der Waals surface area (Å²) in [5.41, 5.74) is 3.64. The quantitative estimate of drug-likeness (QED) is 0.530. The molecule has 2 aromatic carbocycles.